The number of nitrogens with zero attached hydrogens (tertiary/aromatic N) is 1. The highest BCUT2D eigenvalue weighted by molar-refractivity contribution is 5.91. The Balaban J connectivity index is 2.59. The third kappa shape index (κ3) is 4.18. The van der Waals surface area contributed by atoms with Gasteiger partial charge >= 0.3 is 0 Å². The molecule has 1 heterocycles. The molecule has 0 bridgehead atoms. The summed E-state index contributed by atoms with van der Waals surface area (Å²) in [4.78, 5) is 14.1. The average molecular weight is 252 g/mol. The van der Waals surface area contributed by atoms with E-state index in [1.165, 1.54) is 0 Å². The molecule has 0 spiro atoms. The summed E-state index contributed by atoms with van der Waals surface area (Å²) in [5, 5.41) is 2.89. The predicted octanol–water partition coefficient (Wildman–Crippen LogP) is 2.65. The number of carbonyl (C=O) groups excluding carboxylic acids is 1. The van der Waals surface area contributed by atoms with Crippen LogP contribution >= 0.6 is 0 Å². The summed E-state index contributed by atoms with van der Waals surface area (Å²) >= 11 is 0. The number of nitrogens with one attached hydrogen (secondary N) is 1. The van der Waals surface area contributed by atoms with Crippen molar-refractivity contribution >= 4 is 5.91 Å². The van der Waals surface area contributed by atoms with Gasteiger partial charge in [0.2, 0.25) is 0 Å². The zero-order valence-corrected chi connectivity index (χ0v) is 11.8. The van der Waals surface area contributed by atoms with Crippen LogP contribution in [0.3, 0.4) is 0 Å². The molecule has 1 N–H and O–H groups in total. The molecule has 1 unspecified atom stereocenters. The van der Waals surface area contributed by atoms with Gasteiger partial charge in [0.1, 0.15) is 5.76 Å². The summed E-state index contributed by atoms with van der Waals surface area (Å²) in [5.41, 5.74) is 0. The number of carbonyl (C=O) groups is 1. The first-order valence-electron chi connectivity index (χ1n) is 6.72. The fourth-order valence-corrected chi connectivity index (χ4v) is 1.65. The zero-order chi connectivity index (χ0) is 13.5. The van der Waals surface area contributed by atoms with Crippen LogP contribution in [0.1, 0.15) is 50.4 Å². The van der Waals surface area contributed by atoms with Crippen molar-refractivity contribution < 1.29 is 9.21 Å². The van der Waals surface area contributed by atoms with Gasteiger partial charge in [-0.15, -0.1) is 0 Å². The maximum Gasteiger partial charge on any atom is 0.287 e. The van der Waals surface area contributed by atoms with Crippen molar-refractivity contribution in [3.8, 4) is 0 Å². The van der Waals surface area contributed by atoms with Crippen molar-refractivity contribution in [2.45, 2.75) is 46.7 Å². The van der Waals surface area contributed by atoms with Crippen molar-refractivity contribution in [3.63, 3.8) is 0 Å². The lowest BCUT2D eigenvalue weighted by Crippen LogP contribution is -2.31. The van der Waals surface area contributed by atoms with Crippen LogP contribution in [-0.2, 0) is 6.54 Å². The molecule has 0 aliphatic heterocycles. The second kappa shape index (κ2) is 7.21. The lowest BCUT2D eigenvalue weighted by Gasteiger charge is -2.15. The average Bonchev–Trinajstić information content (AvgIpc) is 2.84. The van der Waals surface area contributed by atoms with E-state index in [0.717, 1.165) is 31.8 Å². The Labute approximate surface area is 109 Å². The first-order valence-corrected chi connectivity index (χ1v) is 6.72. The van der Waals surface area contributed by atoms with E-state index >= 15 is 0 Å². The number of hydrogen-bond donors (Lipinski definition) is 1. The standard InChI is InChI=1S/C14H24N2O2/c1-5-11(4)15-14(17)13-9-8-12(18-13)10-16(6-2)7-3/h8-9,11H,5-7,10H2,1-4H3,(H,15,17). The van der Waals surface area contributed by atoms with Gasteiger partial charge in [0.15, 0.2) is 5.76 Å². The quantitative estimate of drug-likeness (QED) is 0.811. The number of hydrogen-bond acceptors (Lipinski definition) is 3. The van der Waals surface area contributed by atoms with Crippen molar-refractivity contribution in [3.05, 3.63) is 23.7 Å². The molecule has 4 heteroatoms. The van der Waals surface area contributed by atoms with Gasteiger partial charge in [0.05, 0.1) is 6.54 Å². The molecule has 4 nitrogen and oxygen atoms in total. The van der Waals surface area contributed by atoms with E-state index in [0.29, 0.717) is 5.76 Å². The topological polar surface area (TPSA) is 45.5 Å². The van der Waals surface area contributed by atoms with Gasteiger partial charge in [-0.3, -0.25) is 9.69 Å². The van der Waals surface area contributed by atoms with E-state index in [1.807, 2.05) is 19.9 Å². The molecule has 1 amide bonds. The molecule has 0 saturated heterocycles. The van der Waals surface area contributed by atoms with Crippen LogP contribution < -0.4 is 5.32 Å². The van der Waals surface area contributed by atoms with Crippen LogP contribution in [-0.4, -0.2) is 29.9 Å². The maximum atomic E-state index is 11.8. The van der Waals surface area contributed by atoms with E-state index < -0.39 is 0 Å². The van der Waals surface area contributed by atoms with Crippen molar-refractivity contribution in [2.24, 2.45) is 0 Å². The van der Waals surface area contributed by atoms with Gasteiger partial charge < -0.3 is 9.73 Å². The van der Waals surface area contributed by atoms with Gasteiger partial charge in [0, 0.05) is 6.04 Å². The van der Waals surface area contributed by atoms with Crippen molar-refractivity contribution in [1.29, 1.82) is 0 Å². The minimum atomic E-state index is -0.129. The van der Waals surface area contributed by atoms with E-state index in [4.69, 9.17) is 4.42 Å². The molecular formula is C14H24N2O2. The van der Waals surface area contributed by atoms with E-state index in [1.54, 1.807) is 6.07 Å². The molecule has 0 saturated carbocycles. The van der Waals surface area contributed by atoms with Gasteiger partial charge in [-0.2, -0.15) is 0 Å². The minimum Gasteiger partial charge on any atom is -0.455 e. The Bertz CT molecular complexity index is 370. The Kier molecular flexibility index (Phi) is 5.92. The number of furan rings is 1. The first-order chi connectivity index (χ1) is 8.60. The fraction of sp³-hybridized carbons (Fsp3) is 0.643. The Hall–Kier alpha value is -1.29. The summed E-state index contributed by atoms with van der Waals surface area (Å²) < 4.78 is 5.57. The molecule has 1 aromatic rings. The van der Waals surface area contributed by atoms with Crippen molar-refractivity contribution in [1.82, 2.24) is 10.2 Å². The van der Waals surface area contributed by atoms with E-state index in [9.17, 15) is 4.79 Å². The molecule has 1 rings (SSSR count). The van der Waals surface area contributed by atoms with Gasteiger partial charge in [-0.25, -0.2) is 0 Å². The summed E-state index contributed by atoms with van der Waals surface area (Å²) in [7, 11) is 0. The van der Waals surface area contributed by atoms with E-state index in [2.05, 4.69) is 24.1 Å². The van der Waals surface area contributed by atoms with Gasteiger partial charge in [0.25, 0.3) is 5.91 Å². The molecule has 1 atom stereocenters. The second-order valence-corrected chi connectivity index (χ2v) is 4.51. The minimum absolute atomic E-state index is 0.129. The highest BCUT2D eigenvalue weighted by atomic mass is 16.4. The molecule has 1 aromatic heterocycles. The lowest BCUT2D eigenvalue weighted by molar-refractivity contribution is 0.0907. The van der Waals surface area contributed by atoms with Gasteiger partial charge in [-0.1, -0.05) is 20.8 Å². The summed E-state index contributed by atoms with van der Waals surface area (Å²) in [6.45, 7) is 11.0. The van der Waals surface area contributed by atoms with Crippen LogP contribution in [0.25, 0.3) is 0 Å². The van der Waals surface area contributed by atoms with Crippen molar-refractivity contribution in [2.75, 3.05) is 13.1 Å². The third-order valence-corrected chi connectivity index (χ3v) is 3.15. The highest BCUT2D eigenvalue weighted by Crippen LogP contribution is 2.11. The molecular weight excluding hydrogens is 228 g/mol. The highest BCUT2D eigenvalue weighted by Gasteiger charge is 2.13. The van der Waals surface area contributed by atoms with Crippen LogP contribution in [0.15, 0.2) is 16.5 Å². The molecule has 0 aliphatic rings. The third-order valence-electron chi connectivity index (χ3n) is 3.15. The summed E-state index contributed by atoms with van der Waals surface area (Å²) in [5.74, 6) is 1.11. The second-order valence-electron chi connectivity index (χ2n) is 4.51. The van der Waals surface area contributed by atoms with Crippen LogP contribution in [0.2, 0.25) is 0 Å². The number of rotatable bonds is 7. The first kappa shape index (κ1) is 14.8. The summed E-state index contributed by atoms with van der Waals surface area (Å²) in [6, 6.07) is 3.80. The molecule has 0 radical (unpaired) electrons. The zero-order valence-electron chi connectivity index (χ0n) is 11.8. The predicted molar refractivity (Wildman–Crippen MR) is 72.6 cm³/mol. The molecule has 102 valence electrons. The SMILES string of the molecule is CCC(C)NC(=O)c1ccc(CN(CC)CC)o1. The Morgan fingerprint density at radius 3 is 2.56 bits per heavy atom. The largest absolute Gasteiger partial charge is 0.455 e. The van der Waals surface area contributed by atoms with Crippen LogP contribution in [0, 0.1) is 0 Å². The Morgan fingerprint density at radius 1 is 1.33 bits per heavy atom. The molecule has 18 heavy (non-hydrogen) atoms. The fourth-order valence-electron chi connectivity index (χ4n) is 1.65. The van der Waals surface area contributed by atoms with Gasteiger partial charge in [-0.05, 0) is 38.6 Å². The smallest absolute Gasteiger partial charge is 0.287 e. The maximum absolute atomic E-state index is 11.8. The lowest BCUT2D eigenvalue weighted by atomic mass is 10.2. The Morgan fingerprint density at radius 2 is 2.00 bits per heavy atom. The monoisotopic (exact) mass is 252 g/mol. The normalized spacial score (nSPS) is 12.7. The van der Waals surface area contributed by atoms with E-state index in [-0.39, 0.29) is 11.9 Å². The van der Waals surface area contributed by atoms with Crippen LogP contribution in [0.4, 0.5) is 0 Å². The molecule has 0 aromatic carbocycles. The summed E-state index contributed by atoms with van der Waals surface area (Å²) in [6.07, 6.45) is 0.915. The number of amides is 1. The molecule has 0 fully saturated rings. The van der Waals surface area contributed by atoms with Crippen LogP contribution in [0.5, 0.6) is 0 Å². The molecule has 0 aliphatic carbocycles.